The molecule has 0 aromatic heterocycles. The molecule has 1 heterocycles. The number of rotatable bonds is 4. The molecule has 2 N–H and O–H groups in total. The second-order valence-corrected chi connectivity index (χ2v) is 6.54. The average molecular weight is 306 g/mol. The van der Waals surface area contributed by atoms with Crippen LogP contribution in [0.25, 0.3) is 0 Å². The number of nitrogens with zero attached hydrogens (tertiary/aromatic N) is 2. The second kappa shape index (κ2) is 7.61. The van der Waals surface area contributed by atoms with Crippen molar-refractivity contribution in [3.63, 3.8) is 0 Å². The quantitative estimate of drug-likeness (QED) is 0.895. The van der Waals surface area contributed by atoms with Crippen molar-refractivity contribution >= 4 is 6.09 Å². The van der Waals surface area contributed by atoms with Crippen LogP contribution in [0.3, 0.4) is 0 Å². The number of aliphatic hydroxyl groups is 1. The molecular formula is C17H26N2O3. The van der Waals surface area contributed by atoms with Crippen molar-refractivity contribution in [2.75, 3.05) is 19.6 Å². The van der Waals surface area contributed by atoms with Crippen molar-refractivity contribution in [3.05, 3.63) is 35.9 Å². The highest BCUT2D eigenvalue weighted by atomic mass is 16.4. The molecule has 0 radical (unpaired) electrons. The molecule has 1 unspecified atom stereocenters. The molecule has 122 valence electrons. The molecule has 1 amide bonds. The van der Waals surface area contributed by atoms with Gasteiger partial charge in [-0.15, -0.1) is 0 Å². The van der Waals surface area contributed by atoms with Crippen molar-refractivity contribution in [3.8, 4) is 0 Å². The Labute approximate surface area is 132 Å². The normalized spacial score (nSPS) is 23.5. The summed E-state index contributed by atoms with van der Waals surface area (Å²) in [6, 6.07) is 10.3. The minimum atomic E-state index is -0.950. The Balaban J connectivity index is 2.17. The Morgan fingerprint density at radius 2 is 1.91 bits per heavy atom. The molecule has 1 aromatic rings. The predicted octanol–water partition coefficient (Wildman–Crippen LogP) is 2.26. The zero-order chi connectivity index (χ0) is 16.1. The summed E-state index contributed by atoms with van der Waals surface area (Å²) in [5, 5.41) is 19.5. The molecule has 5 heteroatoms. The number of β-amino-alcohol motifs (C(OH)–C–C–N with tert-alkyl or cyclic N) is 1. The molecule has 1 aliphatic rings. The minimum Gasteiger partial charge on any atom is -0.465 e. The first-order valence-corrected chi connectivity index (χ1v) is 7.89. The van der Waals surface area contributed by atoms with Gasteiger partial charge in [0.25, 0.3) is 0 Å². The highest BCUT2D eigenvalue weighted by Crippen LogP contribution is 2.20. The van der Waals surface area contributed by atoms with Crippen LogP contribution in [0.15, 0.2) is 30.3 Å². The van der Waals surface area contributed by atoms with Crippen LogP contribution in [-0.4, -0.2) is 57.9 Å². The number of amides is 1. The zero-order valence-electron chi connectivity index (χ0n) is 13.4. The molecular weight excluding hydrogens is 280 g/mol. The van der Waals surface area contributed by atoms with Crippen LogP contribution in [0.4, 0.5) is 4.79 Å². The SMILES string of the molecule is CC(C)C[C@H]1CN(C(=O)O)CC(O)CN1Cc1ccccc1. The van der Waals surface area contributed by atoms with E-state index >= 15 is 0 Å². The fourth-order valence-electron chi connectivity index (χ4n) is 3.11. The lowest BCUT2D eigenvalue weighted by atomic mass is 10.0. The van der Waals surface area contributed by atoms with Gasteiger partial charge >= 0.3 is 6.09 Å². The van der Waals surface area contributed by atoms with E-state index in [0.717, 1.165) is 13.0 Å². The number of carboxylic acid groups (broad SMARTS) is 1. The van der Waals surface area contributed by atoms with Crippen LogP contribution < -0.4 is 0 Å². The summed E-state index contributed by atoms with van der Waals surface area (Å²) in [5.41, 5.74) is 1.19. The number of benzene rings is 1. The Bertz CT molecular complexity index is 478. The first kappa shape index (κ1) is 16.8. The van der Waals surface area contributed by atoms with Gasteiger partial charge in [-0.2, -0.15) is 0 Å². The van der Waals surface area contributed by atoms with Gasteiger partial charge in [0.2, 0.25) is 0 Å². The third kappa shape index (κ3) is 4.71. The van der Waals surface area contributed by atoms with Crippen molar-refractivity contribution in [2.45, 2.75) is 39.0 Å². The maximum Gasteiger partial charge on any atom is 0.407 e. The van der Waals surface area contributed by atoms with Crippen molar-refractivity contribution in [1.29, 1.82) is 0 Å². The van der Waals surface area contributed by atoms with Gasteiger partial charge in [-0.25, -0.2) is 4.79 Å². The zero-order valence-corrected chi connectivity index (χ0v) is 13.4. The van der Waals surface area contributed by atoms with E-state index in [4.69, 9.17) is 0 Å². The first-order valence-electron chi connectivity index (χ1n) is 7.89. The molecule has 0 saturated carbocycles. The van der Waals surface area contributed by atoms with Crippen LogP contribution in [0.5, 0.6) is 0 Å². The first-order chi connectivity index (χ1) is 10.5. The van der Waals surface area contributed by atoms with Crippen LogP contribution in [0.1, 0.15) is 25.8 Å². The fourth-order valence-corrected chi connectivity index (χ4v) is 3.11. The summed E-state index contributed by atoms with van der Waals surface area (Å²) in [6.45, 7) is 6.19. The fraction of sp³-hybridized carbons (Fsp3) is 0.588. The molecule has 2 atom stereocenters. The standard InChI is InChI=1S/C17H26N2O3/c1-13(2)8-15-10-19(17(21)22)12-16(20)11-18(15)9-14-6-4-3-5-7-14/h3-7,13,15-16,20H,8-12H2,1-2H3,(H,21,22)/t15-,16?/m0/s1. The molecule has 0 aliphatic carbocycles. The average Bonchev–Trinajstić information content (AvgIpc) is 2.59. The van der Waals surface area contributed by atoms with E-state index in [1.165, 1.54) is 10.5 Å². The number of aliphatic hydroxyl groups excluding tert-OH is 1. The molecule has 1 aromatic carbocycles. The van der Waals surface area contributed by atoms with Crippen LogP contribution in [0.2, 0.25) is 0 Å². The third-order valence-electron chi connectivity index (χ3n) is 4.07. The maximum atomic E-state index is 11.3. The van der Waals surface area contributed by atoms with Gasteiger partial charge in [0.15, 0.2) is 0 Å². The molecule has 0 spiro atoms. The summed E-state index contributed by atoms with van der Waals surface area (Å²) in [4.78, 5) is 14.9. The Morgan fingerprint density at radius 1 is 1.23 bits per heavy atom. The lowest BCUT2D eigenvalue weighted by molar-refractivity contribution is 0.0928. The van der Waals surface area contributed by atoms with Gasteiger partial charge in [-0.1, -0.05) is 44.2 Å². The van der Waals surface area contributed by atoms with Crippen LogP contribution in [0, 0.1) is 5.92 Å². The van der Waals surface area contributed by atoms with Gasteiger partial charge in [-0.05, 0) is 17.9 Å². The summed E-state index contributed by atoms with van der Waals surface area (Å²) >= 11 is 0. The van der Waals surface area contributed by atoms with Crippen molar-refractivity contribution < 1.29 is 15.0 Å². The molecule has 1 aliphatic heterocycles. The number of carbonyl (C=O) groups is 1. The lowest BCUT2D eigenvalue weighted by Crippen LogP contribution is -2.43. The second-order valence-electron chi connectivity index (χ2n) is 6.54. The Morgan fingerprint density at radius 3 is 2.50 bits per heavy atom. The van der Waals surface area contributed by atoms with E-state index < -0.39 is 12.2 Å². The summed E-state index contributed by atoms with van der Waals surface area (Å²) in [5.74, 6) is 0.481. The molecule has 0 bridgehead atoms. The molecule has 22 heavy (non-hydrogen) atoms. The minimum absolute atomic E-state index is 0.133. The van der Waals surface area contributed by atoms with Gasteiger partial charge in [-0.3, -0.25) is 4.90 Å². The van der Waals surface area contributed by atoms with E-state index in [1.807, 2.05) is 18.2 Å². The van der Waals surface area contributed by atoms with Gasteiger partial charge in [0.1, 0.15) is 0 Å². The van der Waals surface area contributed by atoms with E-state index in [2.05, 4.69) is 30.9 Å². The Kier molecular flexibility index (Phi) is 5.80. The molecule has 2 rings (SSSR count). The third-order valence-corrected chi connectivity index (χ3v) is 4.07. The number of hydrogen-bond donors (Lipinski definition) is 2. The molecule has 1 saturated heterocycles. The van der Waals surface area contributed by atoms with Gasteiger partial charge in [0, 0.05) is 25.7 Å². The van der Waals surface area contributed by atoms with E-state index in [0.29, 0.717) is 19.0 Å². The highest BCUT2D eigenvalue weighted by molar-refractivity contribution is 5.65. The highest BCUT2D eigenvalue weighted by Gasteiger charge is 2.31. The van der Waals surface area contributed by atoms with Crippen molar-refractivity contribution in [2.24, 2.45) is 5.92 Å². The summed E-state index contributed by atoms with van der Waals surface area (Å²) in [6.07, 6.45) is -0.671. The Hall–Kier alpha value is -1.59. The summed E-state index contributed by atoms with van der Waals surface area (Å²) < 4.78 is 0. The van der Waals surface area contributed by atoms with Crippen LogP contribution >= 0.6 is 0 Å². The smallest absolute Gasteiger partial charge is 0.407 e. The topological polar surface area (TPSA) is 64.0 Å². The van der Waals surface area contributed by atoms with Crippen LogP contribution in [-0.2, 0) is 6.54 Å². The number of hydrogen-bond acceptors (Lipinski definition) is 3. The predicted molar refractivity (Wildman–Crippen MR) is 85.7 cm³/mol. The lowest BCUT2D eigenvalue weighted by Gasteiger charge is -2.32. The molecule has 5 nitrogen and oxygen atoms in total. The van der Waals surface area contributed by atoms with Crippen molar-refractivity contribution in [1.82, 2.24) is 9.80 Å². The largest absolute Gasteiger partial charge is 0.465 e. The van der Waals surface area contributed by atoms with E-state index in [-0.39, 0.29) is 12.6 Å². The molecule has 1 fully saturated rings. The monoisotopic (exact) mass is 306 g/mol. The van der Waals surface area contributed by atoms with E-state index in [1.54, 1.807) is 0 Å². The summed E-state index contributed by atoms with van der Waals surface area (Å²) in [7, 11) is 0. The maximum absolute atomic E-state index is 11.3. The van der Waals surface area contributed by atoms with E-state index in [9.17, 15) is 15.0 Å². The van der Waals surface area contributed by atoms with Gasteiger partial charge in [0.05, 0.1) is 12.6 Å². The van der Waals surface area contributed by atoms with Gasteiger partial charge < -0.3 is 15.1 Å².